The minimum Gasteiger partial charge on any atom is -0.490 e. The molecule has 150 valence electrons. The summed E-state index contributed by atoms with van der Waals surface area (Å²) in [5.41, 5.74) is 0.964. The standard InChI is InChI=1S/C21H25BrN2O4/c1-24(21(26)18-10-11-19(22)28-18)14-20(25)23-13-15-6-5-9-17(12-15)27-16-7-3-2-4-8-16/h5-6,9-12,16H,2-4,7-8,13-14H2,1H3,(H,23,25). The highest BCUT2D eigenvalue weighted by molar-refractivity contribution is 9.10. The van der Waals surface area contributed by atoms with Crippen molar-refractivity contribution in [3.63, 3.8) is 0 Å². The zero-order valence-electron chi connectivity index (χ0n) is 15.9. The van der Waals surface area contributed by atoms with Gasteiger partial charge in [-0.3, -0.25) is 9.59 Å². The third-order valence-corrected chi connectivity index (χ3v) is 5.18. The fourth-order valence-corrected chi connectivity index (χ4v) is 3.57. The summed E-state index contributed by atoms with van der Waals surface area (Å²) in [5.74, 6) is 0.452. The van der Waals surface area contributed by atoms with Crippen LogP contribution in [0.5, 0.6) is 5.75 Å². The second-order valence-electron chi connectivity index (χ2n) is 7.07. The lowest BCUT2D eigenvalue weighted by atomic mass is 9.98. The van der Waals surface area contributed by atoms with Crippen LogP contribution >= 0.6 is 15.9 Å². The van der Waals surface area contributed by atoms with Gasteiger partial charge < -0.3 is 19.4 Å². The minimum atomic E-state index is -0.344. The Morgan fingerprint density at radius 3 is 2.71 bits per heavy atom. The van der Waals surface area contributed by atoms with E-state index in [1.54, 1.807) is 19.2 Å². The molecular formula is C21H25BrN2O4. The van der Waals surface area contributed by atoms with Crippen LogP contribution in [0.2, 0.25) is 0 Å². The molecule has 0 atom stereocenters. The van der Waals surface area contributed by atoms with Gasteiger partial charge in [0.15, 0.2) is 10.4 Å². The smallest absolute Gasteiger partial charge is 0.289 e. The first-order chi connectivity index (χ1) is 13.5. The summed E-state index contributed by atoms with van der Waals surface area (Å²) in [6.07, 6.45) is 6.24. The van der Waals surface area contributed by atoms with Crippen LogP contribution in [0.15, 0.2) is 45.5 Å². The quantitative estimate of drug-likeness (QED) is 0.690. The fourth-order valence-electron chi connectivity index (χ4n) is 3.27. The van der Waals surface area contributed by atoms with E-state index in [-0.39, 0.29) is 24.1 Å². The predicted octanol–water partition coefficient (Wildman–Crippen LogP) is 4.14. The van der Waals surface area contributed by atoms with E-state index in [1.807, 2.05) is 24.3 Å². The molecule has 0 aliphatic heterocycles. The number of amides is 2. The zero-order chi connectivity index (χ0) is 19.9. The Labute approximate surface area is 173 Å². The molecule has 1 aliphatic carbocycles. The summed E-state index contributed by atoms with van der Waals surface area (Å²) in [6, 6.07) is 11.0. The third kappa shape index (κ3) is 5.86. The number of hydrogen-bond acceptors (Lipinski definition) is 4. The number of benzene rings is 1. The molecule has 0 saturated heterocycles. The average Bonchev–Trinajstić information content (AvgIpc) is 3.13. The largest absolute Gasteiger partial charge is 0.490 e. The second-order valence-corrected chi connectivity index (χ2v) is 7.85. The molecule has 2 aromatic rings. The Morgan fingerprint density at radius 1 is 1.21 bits per heavy atom. The van der Waals surface area contributed by atoms with E-state index >= 15 is 0 Å². The highest BCUT2D eigenvalue weighted by Crippen LogP contribution is 2.24. The maximum Gasteiger partial charge on any atom is 0.289 e. The molecule has 1 aliphatic rings. The van der Waals surface area contributed by atoms with Crippen LogP contribution in [0, 0.1) is 0 Å². The summed E-state index contributed by atoms with van der Waals surface area (Å²) in [7, 11) is 1.57. The molecule has 0 spiro atoms. The lowest BCUT2D eigenvalue weighted by molar-refractivity contribution is -0.121. The van der Waals surface area contributed by atoms with E-state index in [1.165, 1.54) is 24.2 Å². The average molecular weight is 449 g/mol. The summed E-state index contributed by atoms with van der Waals surface area (Å²) < 4.78 is 11.8. The predicted molar refractivity (Wildman–Crippen MR) is 109 cm³/mol. The number of carbonyl (C=O) groups is 2. The van der Waals surface area contributed by atoms with Crippen molar-refractivity contribution in [2.75, 3.05) is 13.6 Å². The van der Waals surface area contributed by atoms with Crippen LogP contribution < -0.4 is 10.1 Å². The Kier molecular flexibility index (Phi) is 7.14. The van der Waals surface area contributed by atoms with E-state index in [0.717, 1.165) is 24.2 Å². The van der Waals surface area contributed by atoms with Gasteiger partial charge in [0.25, 0.3) is 5.91 Å². The van der Waals surface area contributed by atoms with E-state index in [9.17, 15) is 9.59 Å². The summed E-state index contributed by atoms with van der Waals surface area (Å²) in [5, 5.41) is 2.84. The van der Waals surface area contributed by atoms with E-state index in [0.29, 0.717) is 17.3 Å². The molecule has 1 aromatic carbocycles. The van der Waals surface area contributed by atoms with Gasteiger partial charge in [-0.1, -0.05) is 18.6 Å². The molecule has 1 aromatic heterocycles. The first-order valence-corrected chi connectivity index (χ1v) is 10.3. The van der Waals surface area contributed by atoms with Gasteiger partial charge in [0.2, 0.25) is 5.91 Å². The molecular weight excluding hydrogens is 424 g/mol. The van der Waals surface area contributed by atoms with Crippen LogP contribution in [0.3, 0.4) is 0 Å². The number of nitrogens with zero attached hydrogens (tertiary/aromatic N) is 1. The van der Waals surface area contributed by atoms with Crippen molar-refractivity contribution in [3.05, 3.63) is 52.4 Å². The van der Waals surface area contributed by atoms with Gasteiger partial charge in [0.1, 0.15) is 5.75 Å². The van der Waals surface area contributed by atoms with Gasteiger partial charge in [-0.05, 0) is 71.4 Å². The maximum absolute atomic E-state index is 12.2. The Hall–Kier alpha value is -2.28. The molecule has 1 saturated carbocycles. The first-order valence-electron chi connectivity index (χ1n) is 9.54. The molecule has 0 radical (unpaired) electrons. The molecule has 1 heterocycles. The van der Waals surface area contributed by atoms with E-state index in [2.05, 4.69) is 21.2 Å². The monoisotopic (exact) mass is 448 g/mol. The molecule has 3 rings (SSSR count). The Balaban J connectivity index is 1.47. The molecule has 2 amide bonds. The molecule has 28 heavy (non-hydrogen) atoms. The SMILES string of the molecule is CN(CC(=O)NCc1cccc(OC2CCCCC2)c1)C(=O)c1ccc(Br)o1. The number of carbonyl (C=O) groups excluding carboxylic acids is 2. The van der Waals surface area contributed by atoms with Crippen molar-refractivity contribution in [1.29, 1.82) is 0 Å². The highest BCUT2D eigenvalue weighted by atomic mass is 79.9. The van der Waals surface area contributed by atoms with Crippen molar-refractivity contribution in [2.24, 2.45) is 0 Å². The molecule has 0 unspecified atom stereocenters. The minimum absolute atomic E-state index is 0.0462. The van der Waals surface area contributed by atoms with Crippen molar-refractivity contribution in [3.8, 4) is 5.75 Å². The number of rotatable bonds is 7. The molecule has 6 nitrogen and oxygen atoms in total. The zero-order valence-corrected chi connectivity index (χ0v) is 17.5. The van der Waals surface area contributed by atoms with Crippen LogP contribution in [-0.2, 0) is 11.3 Å². The van der Waals surface area contributed by atoms with E-state index < -0.39 is 0 Å². The number of halogens is 1. The van der Waals surface area contributed by atoms with Crippen molar-refractivity contribution >= 4 is 27.7 Å². The lowest BCUT2D eigenvalue weighted by Gasteiger charge is -2.23. The highest BCUT2D eigenvalue weighted by Gasteiger charge is 2.18. The Bertz CT molecular complexity index is 814. The summed E-state index contributed by atoms with van der Waals surface area (Å²) in [6.45, 7) is 0.338. The van der Waals surface area contributed by atoms with Crippen LogP contribution in [0.4, 0.5) is 0 Å². The van der Waals surface area contributed by atoms with Gasteiger partial charge in [-0.25, -0.2) is 0 Å². The number of nitrogens with one attached hydrogen (secondary N) is 1. The first kappa shape index (κ1) is 20.5. The normalized spacial score (nSPS) is 14.5. The Morgan fingerprint density at radius 2 is 2.00 bits per heavy atom. The molecule has 1 N–H and O–H groups in total. The number of ether oxygens (including phenoxy) is 1. The number of likely N-dealkylation sites (N-methyl/N-ethyl adjacent to an activating group) is 1. The van der Waals surface area contributed by atoms with Crippen LogP contribution in [-0.4, -0.2) is 36.4 Å². The van der Waals surface area contributed by atoms with Gasteiger partial charge in [-0.15, -0.1) is 0 Å². The van der Waals surface area contributed by atoms with Crippen LogP contribution in [0.1, 0.15) is 48.2 Å². The van der Waals surface area contributed by atoms with Gasteiger partial charge >= 0.3 is 0 Å². The fraction of sp³-hybridized carbons (Fsp3) is 0.429. The number of furan rings is 1. The van der Waals surface area contributed by atoms with Crippen molar-refractivity contribution < 1.29 is 18.7 Å². The second kappa shape index (κ2) is 9.78. The van der Waals surface area contributed by atoms with Gasteiger partial charge in [0.05, 0.1) is 12.6 Å². The molecule has 0 bridgehead atoms. The topological polar surface area (TPSA) is 71.8 Å². The van der Waals surface area contributed by atoms with E-state index in [4.69, 9.17) is 9.15 Å². The molecule has 7 heteroatoms. The molecule has 1 fully saturated rings. The summed E-state index contributed by atoms with van der Waals surface area (Å²) >= 11 is 3.16. The number of hydrogen-bond donors (Lipinski definition) is 1. The maximum atomic E-state index is 12.2. The van der Waals surface area contributed by atoms with Crippen molar-refractivity contribution in [2.45, 2.75) is 44.8 Å². The van der Waals surface area contributed by atoms with Crippen LogP contribution in [0.25, 0.3) is 0 Å². The third-order valence-electron chi connectivity index (χ3n) is 4.75. The van der Waals surface area contributed by atoms with Gasteiger partial charge in [-0.2, -0.15) is 0 Å². The van der Waals surface area contributed by atoms with Crippen molar-refractivity contribution in [1.82, 2.24) is 10.2 Å². The van der Waals surface area contributed by atoms with Gasteiger partial charge in [0, 0.05) is 13.6 Å². The summed E-state index contributed by atoms with van der Waals surface area (Å²) in [4.78, 5) is 25.7. The lowest BCUT2D eigenvalue weighted by Crippen LogP contribution is -2.38.